The number of benzene rings is 2. The highest BCUT2D eigenvalue weighted by Gasteiger charge is 2.45. The normalized spacial score (nSPS) is 18.1. The van der Waals surface area contributed by atoms with Gasteiger partial charge in [-0.3, -0.25) is 9.59 Å². The standard InChI is InChI=1S/C26H32N2O4/c1-17(2)16-32-20-11-12-21(18(3)15-20)24(29)22-23(19-9-7-6-8-10-19)28(14-13-27(4)5)26(31)25(22)30/h6-12,15,17,23,29H,13-14,16H2,1-5H3/t23-/m1/s1. The lowest BCUT2D eigenvalue weighted by atomic mass is 9.94. The quantitative estimate of drug-likeness (QED) is 0.385. The molecule has 0 aromatic heterocycles. The summed E-state index contributed by atoms with van der Waals surface area (Å²) in [6.45, 7) is 7.59. The van der Waals surface area contributed by atoms with Gasteiger partial charge in [-0.25, -0.2) is 0 Å². The molecule has 1 saturated heterocycles. The van der Waals surface area contributed by atoms with E-state index in [0.717, 1.165) is 11.1 Å². The number of aliphatic hydroxyl groups excluding tert-OH is 1. The number of nitrogens with zero attached hydrogens (tertiary/aromatic N) is 2. The molecule has 6 nitrogen and oxygen atoms in total. The summed E-state index contributed by atoms with van der Waals surface area (Å²) in [6, 6.07) is 14.1. The van der Waals surface area contributed by atoms with E-state index in [2.05, 4.69) is 13.8 Å². The Morgan fingerprint density at radius 1 is 1.12 bits per heavy atom. The number of likely N-dealkylation sites (N-methyl/N-ethyl adjacent to an activating group) is 1. The monoisotopic (exact) mass is 436 g/mol. The molecule has 3 rings (SSSR count). The zero-order valence-corrected chi connectivity index (χ0v) is 19.5. The Kier molecular flexibility index (Phi) is 7.36. The summed E-state index contributed by atoms with van der Waals surface area (Å²) >= 11 is 0. The summed E-state index contributed by atoms with van der Waals surface area (Å²) in [6.07, 6.45) is 0. The van der Waals surface area contributed by atoms with Crippen molar-refractivity contribution in [2.24, 2.45) is 5.92 Å². The first-order chi connectivity index (χ1) is 15.2. The highest BCUT2D eigenvalue weighted by Crippen LogP contribution is 2.40. The van der Waals surface area contributed by atoms with Gasteiger partial charge in [-0.15, -0.1) is 0 Å². The molecule has 1 aliphatic heterocycles. The fourth-order valence-corrected chi connectivity index (χ4v) is 3.80. The summed E-state index contributed by atoms with van der Waals surface area (Å²) in [4.78, 5) is 29.5. The van der Waals surface area contributed by atoms with Crippen LogP contribution in [0.1, 0.15) is 36.6 Å². The van der Waals surface area contributed by atoms with Gasteiger partial charge < -0.3 is 19.6 Å². The van der Waals surface area contributed by atoms with Crippen LogP contribution in [-0.4, -0.2) is 60.4 Å². The molecule has 0 aliphatic carbocycles. The molecule has 1 fully saturated rings. The number of Topliss-reactive ketones (excluding diaryl/α,β-unsaturated/α-hetero) is 1. The van der Waals surface area contributed by atoms with Crippen molar-refractivity contribution >= 4 is 17.4 Å². The van der Waals surface area contributed by atoms with Crippen molar-refractivity contribution in [2.75, 3.05) is 33.8 Å². The maximum Gasteiger partial charge on any atom is 0.295 e. The van der Waals surface area contributed by atoms with E-state index in [-0.39, 0.29) is 11.3 Å². The van der Waals surface area contributed by atoms with Crippen LogP contribution in [0.4, 0.5) is 0 Å². The van der Waals surface area contributed by atoms with E-state index >= 15 is 0 Å². The minimum atomic E-state index is -0.658. The van der Waals surface area contributed by atoms with E-state index in [1.165, 1.54) is 0 Å². The number of hydrogen-bond acceptors (Lipinski definition) is 5. The van der Waals surface area contributed by atoms with Crippen molar-refractivity contribution in [3.05, 3.63) is 70.8 Å². The predicted octanol–water partition coefficient (Wildman–Crippen LogP) is 4.01. The number of amides is 1. The molecule has 1 aliphatic rings. The van der Waals surface area contributed by atoms with Crippen LogP contribution in [0.15, 0.2) is 54.1 Å². The molecule has 0 radical (unpaired) electrons. The summed E-state index contributed by atoms with van der Waals surface area (Å²) in [5.74, 6) is -0.296. The van der Waals surface area contributed by atoms with Crippen LogP contribution in [0.5, 0.6) is 5.75 Å². The molecule has 0 unspecified atom stereocenters. The number of carbonyl (C=O) groups is 2. The Morgan fingerprint density at radius 2 is 1.81 bits per heavy atom. The number of ether oxygens (including phenoxy) is 1. The molecule has 1 atom stereocenters. The van der Waals surface area contributed by atoms with Gasteiger partial charge in [0.05, 0.1) is 18.2 Å². The third kappa shape index (κ3) is 5.02. The number of aryl methyl sites for hydroxylation is 1. The predicted molar refractivity (Wildman–Crippen MR) is 126 cm³/mol. The van der Waals surface area contributed by atoms with Crippen molar-refractivity contribution in [2.45, 2.75) is 26.8 Å². The maximum absolute atomic E-state index is 13.1. The van der Waals surface area contributed by atoms with Crippen LogP contribution in [0.2, 0.25) is 0 Å². The minimum Gasteiger partial charge on any atom is -0.507 e. The molecule has 2 aromatic carbocycles. The van der Waals surface area contributed by atoms with Crippen LogP contribution >= 0.6 is 0 Å². The van der Waals surface area contributed by atoms with Gasteiger partial charge in [-0.2, -0.15) is 0 Å². The molecule has 32 heavy (non-hydrogen) atoms. The summed E-state index contributed by atoms with van der Waals surface area (Å²) in [7, 11) is 3.83. The van der Waals surface area contributed by atoms with E-state index < -0.39 is 17.7 Å². The average Bonchev–Trinajstić information content (AvgIpc) is 3.01. The molecular weight excluding hydrogens is 404 g/mol. The van der Waals surface area contributed by atoms with Gasteiger partial charge in [-0.1, -0.05) is 44.2 Å². The lowest BCUT2D eigenvalue weighted by Gasteiger charge is -2.26. The molecule has 1 heterocycles. The Labute approximate surface area is 190 Å². The van der Waals surface area contributed by atoms with Crippen molar-refractivity contribution < 1.29 is 19.4 Å². The Balaban J connectivity index is 2.06. The van der Waals surface area contributed by atoms with Gasteiger partial charge in [0.2, 0.25) is 0 Å². The van der Waals surface area contributed by atoms with E-state index in [1.807, 2.05) is 62.3 Å². The number of ketones is 1. The largest absolute Gasteiger partial charge is 0.507 e. The van der Waals surface area contributed by atoms with Gasteiger partial charge in [0.25, 0.3) is 11.7 Å². The molecular formula is C26H32N2O4. The summed E-state index contributed by atoms with van der Waals surface area (Å²) in [5, 5.41) is 11.3. The SMILES string of the molecule is Cc1cc(OCC(C)C)ccc1C(O)=C1C(=O)C(=O)N(CCN(C)C)[C@@H]1c1ccccc1. The minimum absolute atomic E-state index is 0.124. The van der Waals surface area contributed by atoms with Crippen LogP contribution in [0.3, 0.4) is 0 Å². The topological polar surface area (TPSA) is 70.1 Å². The first kappa shape index (κ1) is 23.5. The molecule has 2 aromatic rings. The zero-order chi connectivity index (χ0) is 23.4. The Hall–Kier alpha value is -3.12. The molecule has 170 valence electrons. The number of hydrogen-bond donors (Lipinski definition) is 1. The smallest absolute Gasteiger partial charge is 0.295 e. The highest BCUT2D eigenvalue weighted by atomic mass is 16.5. The van der Waals surface area contributed by atoms with Crippen LogP contribution in [0, 0.1) is 12.8 Å². The highest BCUT2D eigenvalue weighted by molar-refractivity contribution is 6.46. The van der Waals surface area contributed by atoms with Crippen molar-refractivity contribution in [3.8, 4) is 5.75 Å². The third-order valence-electron chi connectivity index (χ3n) is 5.48. The van der Waals surface area contributed by atoms with E-state index in [0.29, 0.717) is 36.9 Å². The van der Waals surface area contributed by atoms with E-state index in [1.54, 1.807) is 17.0 Å². The third-order valence-corrected chi connectivity index (χ3v) is 5.48. The molecule has 1 amide bonds. The van der Waals surface area contributed by atoms with Crippen molar-refractivity contribution in [3.63, 3.8) is 0 Å². The first-order valence-electron chi connectivity index (χ1n) is 10.9. The molecule has 0 bridgehead atoms. The van der Waals surface area contributed by atoms with Gasteiger partial charge in [0.1, 0.15) is 11.5 Å². The number of rotatable bonds is 8. The fraction of sp³-hybridized carbons (Fsp3) is 0.385. The Bertz CT molecular complexity index is 1010. The van der Waals surface area contributed by atoms with Gasteiger partial charge in [0.15, 0.2) is 0 Å². The van der Waals surface area contributed by atoms with Crippen LogP contribution in [-0.2, 0) is 9.59 Å². The molecule has 1 N–H and O–H groups in total. The van der Waals surface area contributed by atoms with E-state index in [4.69, 9.17) is 4.74 Å². The maximum atomic E-state index is 13.1. The lowest BCUT2D eigenvalue weighted by Crippen LogP contribution is -2.35. The van der Waals surface area contributed by atoms with Crippen LogP contribution in [0.25, 0.3) is 5.76 Å². The second-order valence-corrected chi connectivity index (χ2v) is 8.89. The molecule has 0 spiro atoms. The summed E-state index contributed by atoms with van der Waals surface area (Å²) in [5.41, 5.74) is 2.21. The second kappa shape index (κ2) is 10.0. The number of likely N-dealkylation sites (tertiary alicyclic amines) is 1. The first-order valence-corrected chi connectivity index (χ1v) is 10.9. The van der Waals surface area contributed by atoms with Gasteiger partial charge in [0, 0.05) is 18.7 Å². The Morgan fingerprint density at radius 3 is 2.41 bits per heavy atom. The lowest BCUT2D eigenvalue weighted by molar-refractivity contribution is -0.140. The molecule has 0 saturated carbocycles. The zero-order valence-electron chi connectivity index (χ0n) is 19.5. The molecule has 6 heteroatoms. The second-order valence-electron chi connectivity index (χ2n) is 8.89. The average molecular weight is 437 g/mol. The summed E-state index contributed by atoms with van der Waals surface area (Å²) < 4.78 is 5.78. The van der Waals surface area contributed by atoms with E-state index in [9.17, 15) is 14.7 Å². The number of carbonyl (C=O) groups excluding carboxylic acids is 2. The number of aliphatic hydroxyl groups is 1. The van der Waals surface area contributed by atoms with Gasteiger partial charge in [-0.05, 0) is 56.3 Å². The van der Waals surface area contributed by atoms with Crippen LogP contribution < -0.4 is 4.74 Å². The van der Waals surface area contributed by atoms with Gasteiger partial charge >= 0.3 is 0 Å². The van der Waals surface area contributed by atoms with Crippen molar-refractivity contribution in [1.29, 1.82) is 0 Å². The fourth-order valence-electron chi connectivity index (χ4n) is 3.80. The van der Waals surface area contributed by atoms with Crippen molar-refractivity contribution in [1.82, 2.24) is 9.80 Å².